The molecule has 0 saturated carbocycles. The molecule has 0 aliphatic heterocycles. The highest BCUT2D eigenvalue weighted by molar-refractivity contribution is 5.80. The van der Waals surface area contributed by atoms with Crippen molar-refractivity contribution < 1.29 is 5.11 Å². The number of aromatic amines is 1. The summed E-state index contributed by atoms with van der Waals surface area (Å²) < 4.78 is 0. The predicted molar refractivity (Wildman–Crippen MR) is 58.2 cm³/mol. The Morgan fingerprint density at radius 2 is 2.20 bits per heavy atom. The fourth-order valence-corrected chi connectivity index (χ4v) is 1.67. The van der Waals surface area contributed by atoms with Crippen molar-refractivity contribution in [3.05, 3.63) is 36.0 Å². The van der Waals surface area contributed by atoms with E-state index >= 15 is 0 Å². The Hall–Kier alpha value is -1.79. The number of nitriles is 1. The van der Waals surface area contributed by atoms with Crippen LogP contribution in [0.3, 0.4) is 0 Å². The number of nitrogens with one attached hydrogen (secondary N) is 1. The van der Waals surface area contributed by atoms with Gasteiger partial charge in [0.15, 0.2) is 0 Å². The normalized spacial score (nSPS) is 12.5. The molecule has 0 bridgehead atoms. The molecule has 1 aromatic heterocycles. The van der Waals surface area contributed by atoms with Crippen LogP contribution in [0, 0.1) is 11.3 Å². The van der Waals surface area contributed by atoms with Crippen molar-refractivity contribution in [3.63, 3.8) is 0 Å². The molecule has 2 N–H and O–H groups in total. The summed E-state index contributed by atoms with van der Waals surface area (Å²) in [4.78, 5) is 3.22. The molecule has 0 aliphatic rings. The molecule has 15 heavy (non-hydrogen) atoms. The van der Waals surface area contributed by atoms with Crippen LogP contribution in [0.2, 0.25) is 0 Å². The zero-order valence-corrected chi connectivity index (χ0v) is 8.27. The Morgan fingerprint density at radius 1 is 1.40 bits per heavy atom. The number of para-hydroxylation sites is 1. The van der Waals surface area contributed by atoms with E-state index in [9.17, 15) is 5.11 Å². The number of H-pyrrole nitrogens is 1. The quantitative estimate of drug-likeness (QED) is 0.795. The molecule has 76 valence electrons. The minimum Gasteiger partial charge on any atom is -0.392 e. The molecule has 2 rings (SSSR count). The molecule has 0 fully saturated rings. The predicted octanol–water partition coefficient (Wildman–Crippen LogP) is 1.98. The average Bonchev–Trinajstić information content (AvgIpc) is 2.59. The van der Waals surface area contributed by atoms with Crippen molar-refractivity contribution in [2.45, 2.75) is 18.9 Å². The first kappa shape index (κ1) is 9.75. The van der Waals surface area contributed by atoms with E-state index in [2.05, 4.69) is 4.98 Å². The first-order chi connectivity index (χ1) is 7.29. The lowest BCUT2D eigenvalue weighted by Crippen LogP contribution is -2.09. The van der Waals surface area contributed by atoms with Crippen molar-refractivity contribution >= 4 is 10.9 Å². The second-order valence-corrected chi connectivity index (χ2v) is 3.60. The van der Waals surface area contributed by atoms with Gasteiger partial charge in [-0.25, -0.2) is 0 Å². The summed E-state index contributed by atoms with van der Waals surface area (Å²) in [6, 6.07) is 11.9. The van der Waals surface area contributed by atoms with Crippen LogP contribution in [-0.2, 0) is 6.42 Å². The summed E-state index contributed by atoms with van der Waals surface area (Å²) in [7, 11) is 0. The smallest absolute Gasteiger partial charge is 0.0724 e. The minimum absolute atomic E-state index is 0.176. The number of aliphatic hydroxyl groups excluding tert-OH is 1. The van der Waals surface area contributed by atoms with Crippen LogP contribution in [0.1, 0.15) is 12.1 Å². The molecule has 2 aromatic rings. The van der Waals surface area contributed by atoms with E-state index in [1.54, 1.807) is 0 Å². The lowest BCUT2D eigenvalue weighted by Gasteiger charge is -2.02. The Labute approximate surface area is 88.0 Å². The van der Waals surface area contributed by atoms with E-state index in [-0.39, 0.29) is 6.42 Å². The molecule has 1 heterocycles. The lowest BCUT2D eigenvalue weighted by molar-refractivity contribution is 0.179. The van der Waals surface area contributed by atoms with E-state index in [0.29, 0.717) is 6.42 Å². The summed E-state index contributed by atoms with van der Waals surface area (Å²) in [6.07, 6.45) is 0.0977. The van der Waals surface area contributed by atoms with E-state index in [1.807, 2.05) is 36.4 Å². The van der Waals surface area contributed by atoms with Gasteiger partial charge >= 0.3 is 0 Å². The van der Waals surface area contributed by atoms with Gasteiger partial charge in [0.1, 0.15) is 0 Å². The van der Waals surface area contributed by atoms with Crippen molar-refractivity contribution in [3.8, 4) is 6.07 Å². The summed E-state index contributed by atoms with van der Waals surface area (Å²) in [5.41, 5.74) is 2.04. The van der Waals surface area contributed by atoms with Gasteiger partial charge in [-0.05, 0) is 17.5 Å². The number of fused-ring (bicyclic) bond motifs is 1. The third-order valence-corrected chi connectivity index (χ3v) is 2.37. The van der Waals surface area contributed by atoms with Crippen molar-refractivity contribution in [1.82, 2.24) is 4.98 Å². The zero-order chi connectivity index (χ0) is 10.7. The van der Waals surface area contributed by atoms with Crippen LogP contribution in [0.25, 0.3) is 10.9 Å². The molecular formula is C12H12N2O. The molecule has 0 unspecified atom stereocenters. The molecule has 0 spiro atoms. The Morgan fingerprint density at radius 3 is 2.93 bits per heavy atom. The maximum Gasteiger partial charge on any atom is 0.0724 e. The number of nitrogens with zero attached hydrogens (tertiary/aromatic N) is 1. The molecular weight excluding hydrogens is 188 g/mol. The van der Waals surface area contributed by atoms with E-state index < -0.39 is 6.10 Å². The molecule has 0 amide bonds. The maximum atomic E-state index is 9.49. The highest BCUT2D eigenvalue weighted by Gasteiger charge is 2.07. The summed E-state index contributed by atoms with van der Waals surface area (Å²) in [5, 5.41) is 19.1. The third-order valence-electron chi connectivity index (χ3n) is 2.37. The molecule has 1 aromatic carbocycles. The fourth-order valence-electron chi connectivity index (χ4n) is 1.67. The highest BCUT2D eigenvalue weighted by Crippen LogP contribution is 2.16. The minimum atomic E-state index is -0.580. The van der Waals surface area contributed by atoms with Gasteiger partial charge in [-0.15, -0.1) is 0 Å². The Bertz CT molecular complexity index is 463. The van der Waals surface area contributed by atoms with Crippen LogP contribution in [0.15, 0.2) is 30.3 Å². The topological polar surface area (TPSA) is 59.8 Å². The largest absolute Gasteiger partial charge is 0.392 e. The molecule has 3 nitrogen and oxygen atoms in total. The standard InChI is InChI=1S/C12H12N2O/c13-6-5-11(15)8-10-7-9-3-1-2-4-12(9)14-10/h1-4,7,11,14-15H,5,8H2/t11-/m0/s1. The van der Waals surface area contributed by atoms with Crippen molar-refractivity contribution in [1.29, 1.82) is 5.26 Å². The summed E-state index contributed by atoms with van der Waals surface area (Å²) in [6.45, 7) is 0. The maximum absolute atomic E-state index is 9.49. The zero-order valence-electron chi connectivity index (χ0n) is 8.27. The molecule has 0 radical (unpaired) electrons. The van der Waals surface area contributed by atoms with Gasteiger partial charge in [-0.2, -0.15) is 5.26 Å². The number of rotatable bonds is 3. The van der Waals surface area contributed by atoms with Crippen LogP contribution in [0.4, 0.5) is 0 Å². The van der Waals surface area contributed by atoms with Gasteiger partial charge in [0.05, 0.1) is 18.6 Å². The van der Waals surface area contributed by atoms with Gasteiger partial charge in [-0.3, -0.25) is 0 Å². The number of aliphatic hydroxyl groups is 1. The molecule has 3 heteroatoms. The van der Waals surface area contributed by atoms with Gasteiger partial charge in [0, 0.05) is 17.6 Å². The van der Waals surface area contributed by atoms with Crippen molar-refractivity contribution in [2.24, 2.45) is 0 Å². The van der Waals surface area contributed by atoms with Gasteiger partial charge in [0.2, 0.25) is 0 Å². The monoisotopic (exact) mass is 200 g/mol. The van der Waals surface area contributed by atoms with Crippen LogP contribution < -0.4 is 0 Å². The van der Waals surface area contributed by atoms with Gasteiger partial charge < -0.3 is 10.1 Å². The van der Waals surface area contributed by atoms with E-state index in [4.69, 9.17) is 5.26 Å². The third kappa shape index (κ3) is 2.17. The van der Waals surface area contributed by atoms with Gasteiger partial charge in [0.25, 0.3) is 0 Å². The second-order valence-electron chi connectivity index (χ2n) is 3.60. The molecule has 0 saturated heterocycles. The molecule has 0 aliphatic carbocycles. The summed E-state index contributed by atoms with van der Waals surface area (Å²) in [5.74, 6) is 0. The Kier molecular flexibility index (Phi) is 2.70. The lowest BCUT2D eigenvalue weighted by atomic mass is 10.1. The highest BCUT2D eigenvalue weighted by atomic mass is 16.3. The van der Waals surface area contributed by atoms with Crippen molar-refractivity contribution in [2.75, 3.05) is 0 Å². The van der Waals surface area contributed by atoms with Gasteiger partial charge in [-0.1, -0.05) is 18.2 Å². The second kappa shape index (κ2) is 4.16. The first-order valence-electron chi connectivity index (χ1n) is 4.91. The average molecular weight is 200 g/mol. The number of hydrogen-bond donors (Lipinski definition) is 2. The summed E-state index contributed by atoms with van der Waals surface area (Å²) >= 11 is 0. The van der Waals surface area contributed by atoms with E-state index in [0.717, 1.165) is 16.6 Å². The van der Waals surface area contributed by atoms with Crippen LogP contribution in [0.5, 0.6) is 0 Å². The first-order valence-corrected chi connectivity index (χ1v) is 4.91. The van der Waals surface area contributed by atoms with Crippen LogP contribution >= 0.6 is 0 Å². The van der Waals surface area contributed by atoms with Crippen LogP contribution in [-0.4, -0.2) is 16.2 Å². The Balaban J connectivity index is 2.19. The van der Waals surface area contributed by atoms with E-state index in [1.165, 1.54) is 0 Å². The number of aromatic nitrogens is 1. The molecule has 1 atom stereocenters. The SMILES string of the molecule is N#CC[C@H](O)Cc1cc2ccccc2[nH]1. The number of hydrogen-bond acceptors (Lipinski definition) is 2. The number of benzene rings is 1. The fraction of sp³-hybridized carbons (Fsp3) is 0.250.